The molecule has 0 radical (unpaired) electrons. The number of aliphatic hydroxyl groups excluding tert-OH is 1. The van der Waals surface area contributed by atoms with Gasteiger partial charge in [-0.15, -0.1) is 0 Å². The fourth-order valence-electron chi connectivity index (χ4n) is 3.29. The van der Waals surface area contributed by atoms with E-state index >= 15 is 0 Å². The highest BCUT2D eigenvalue weighted by molar-refractivity contribution is 5.88. The number of rotatable bonds is 5. The average Bonchev–Trinajstić information content (AvgIpc) is 2.87. The number of carbonyl (C=O) groups excluding carboxylic acids is 1. The Bertz CT molecular complexity index is 746. The van der Waals surface area contributed by atoms with Gasteiger partial charge in [0.25, 0.3) is 0 Å². The van der Waals surface area contributed by atoms with Crippen molar-refractivity contribution >= 4 is 16.8 Å². The monoisotopic (exact) mass is 358 g/mol. The summed E-state index contributed by atoms with van der Waals surface area (Å²) in [6, 6.07) is 13.8. The normalized spacial score (nSPS) is 20.6. The molecule has 1 aliphatic heterocycles. The molecule has 2 aromatic carbocycles. The second-order valence-corrected chi connectivity index (χ2v) is 6.78. The third-order valence-electron chi connectivity index (χ3n) is 4.88. The molecule has 140 valence electrons. The molecular weight excluding hydrogens is 332 g/mol. The number of nitrogens with one attached hydrogen (secondary N) is 1. The maximum atomic E-state index is 12.3. The number of fused-ring (bicyclic) bond motifs is 1. The second kappa shape index (κ2) is 8.38. The molecule has 3 rings (SSSR count). The Morgan fingerprint density at radius 2 is 1.96 bits per heavy atom. The maximum Gasteiger partial charge on any atom is 0.317 e. The summed E-state index contributed by atoms with van der Waals surface area (Å²) in [7, 11) is 0. The molecule has 1 aliphatic rings. The zero-order chi connectivity index (χ0) is 18.4. The first-order valence-electron chi connectivity index (χ1n) is 9.08. The second-order valence-electron chi connectivity index (χ2n) is 6.78. The Morgan fingerprint density at radius 1 is 1.15 bits per heavy atom. The topological polar surface area (TPSA) is 82.0 Å². The molecule has 1 saturated heterocycles. The van der Waals surface area contributed by atoms with E-state index in [0.717, 1.165) is 16.5 Å². The van der Waals surface area contributed by atoms with Crippen LogP contribution in [0.2, 0.25) is 0 Å². The summed E-state index contributed by atoms with van der Waals surface area (Å²) in [5, 5.41) is 24.5. The first-order valence-corrected chi connectivity index (χ1v) is 9.08. The van der Waals surface area contributed by atoms with E-state index in [-0.39, 0.29) is 12.6 Å². The summed E-state index contributed by atoms with van der Waals surface area (Å²) >= 11 is 0. The Labute approximate surface area is 153 Å². The first-order chi connectivity index (χ1) is 12.6. The lowest BCUT2D eigenvalue weighted by molar-refractivity contribution is -0.0248. The molecule has 2 aromatic rings. The van der Waals surface area contributed by atoms with Crippen molar-refractivity contribution in [2.75, 3.05) is 32.8 Å². The van der Waals surface area contributed by atoms with Gasteiger partial charge < -0.3 is 25.2 Å². The minimum absolute atomic E-state index is 0.159. The highest BCUT2D eigenvalue weighted by atomic mass is 16.5. The van der Waals surface area contributed by atoms with E-state index in [0.29, 0.717) is 45.5 Å². The van der Waals surface area contributed by atoms with Crippen LogP contribution in [0.1, 0.15) is 19.3 Å². The predicted molar refractivity (Wildman–Crippen MR) is 100 cm³/mol. The van der Waals surface area contributed by atoms with Crippen LogP contribution in [-0.2, 0) is 0 Å². The van der Waals surface area contributed by atoms with Gasteiger partial charge in [0.1, 0.15) is 12.4 Å². The zero-order valence-electron chi connectivity index (χ0n) is 14.9. The van der Waals surface area contributed by atoms with Crippen molar-refractivity contribution < 1.29 is 19.7 Å². The summed E-state index contributed by atoms with van der Waals surface area (Å²) in [6.07, 6.45) is 1.58. The zero-order valence-corrected chi connectivity index (χ0v) is 14.9. The number of aliphatic hydroxyl groups is 2. The molecule has 6 heteroatoms. The van der Waals surface area contributed by atoms with Crippen molar-refractivity contribution in [3.8, 4) is 5.75 Å². The lowest BCUT2D eigenvalue weighted by Crippen LogP contribution is -2.43. The molecule has 0 saturated carbocycles. The number of nitrogens with zero attached hydrogens (tertiary/aromatic N) is 1. The largest absolute Gasteiger partial charge is 0.491 e. The summed E-state index contributed by atoms with van der Waals surface area (Å²) < 4.78 is 5.83. The van der Waals surface area contributed by atoms with Crippen LogP contribution in [-0.4, -0.2) is 59.6 Å². The first kappa shape index (κ1) is 18.5. The molecule has 1 atom stereocenters. The Kier molecular flexibility index (Phi) is 5.96. The quantitative estimate of drug-likeness (QED) is 0.715. The SMILES string of the molecule is O=C(NCCOc1cccc2ccccc12)N1CCC[C@@](O)(CO)CC1. The lowest BCUT2D eigenvalue weighted by atomic mass is 9.96. The van der Waals surface area contributed by atoms with Gasteiger partial charge in [-0.3, -0.25) is 0 Å². The van der Waals surface area contributed by atoms with Gasteiger partial charge in [-0.2, -0.15) is 0 Å². The summed E-state index contributed by atoms with van der Waals surface area (Å²) in [5.41, 5.74) is -1.06. The van der Waals surface area contributed by atoms with E-state index in [1.165, 1.54) is 0 Å². The number of urea groups is 1. The molecule has 6 nitrogen and oxygen atoms in total. The number of hydrogen-bond donors (Lipinski definition) is 3. The molecule has 1 fully saturated rings. The van der Waals surface area contributed by atoms with Gasteiger partial charge in [-0.1, -0.05) is 36.4 Å². The van der Waals surface area contributed by atoms with Crippen molar-refractivity contribution in [3.63, 3.8) is 0 Å². The van der Waals surface area contributed by atoms with Crippen LogP contribution in [0.5, 0.6) is 5.75 Å². The van der Waals surface area contributed by atoms with E-state index in [2.05, 4.69) is 5.32 Å². The maximum absolute atomic E-state index is 12.3. The molecule has 0 aromatic heterocycles. The lowest BCUT2D eigenvalue weighted by Gasteiger charge is -2.24. The van der Waals surface area contributed by atoms with E-state index < -0.39 is 5.60 Å². The van der Waals surface area contributed by atoms with Crippen LogP contribution in [0.3, 0.4) is 0 Å². The van der Waals surface area contributed by atoms with Crippen LogP contribution in [0.15, 0.2) is 42.5 Å². The molecule has 3 N–H and O–H groups in total. The standard InChI is InChI=1S/C20H26N2O4/c23-15-20(25)9-4-12-22(13-10-20)19(24)21-11-14-26-18-8-3-6-16-5-1-2-7-17(16)18/h1-3,5-8,23,25H,4,9-15H2,(H,21,24)/t20-/m0/s1. The summed E-state index contributed by atoms with van der Waals surface area (Å²) in [5.74, 6) is 0.806. The van der Waals surface area contributed by atoms with Crippen LogP contribution in [0, 0.1) is 0 Å². The highest BCUT2D eigenvalue weighted by Crippen LogP contribution is 2.25. The number of ether oxygens (including phenoxy) is 1. The third-order valence-corrected chi connectivity index (χ3v) is 4.88. The molecule has 0 aliphatic carbocycles. The van der Waals surface area contributed by atoms with Gasteiger partial charge in [-0.05, 0) is 30.7 Å². The van der Waals surface area contributed by atoms with Crippen molar-refractivity contribution in [2.45, 2.75) is 24.9 Å². The average molecular weight is 358 g/mol. The van der Waals surface area contributed by atoms with Crippen molar-refractivity contribution in [2.24, 2.45) is 0 Å². The van der Waals surface area contributed by atoms with E-state index in [9.17, 15) is 15.0 Å². The van der Waals surface area contributed by atoms with Gasteiger partial charge in [0.15, 0.2) is 0 Å². The Hall–Kier alpha value is -2.31. The molecule has 0 spiro atoms. The molecular formula is C20H26N2O4. The predicted octanol–water partition coefficient (Wildman–Crippen LogP) is 2.14. The number of hydrogen-bond acceptors (Lipinski definition) is 4. The van der Waals surface area contributed by atoms with Gasteiger partial charge in [0.2, 0.25) is 0 Å². The Balaban J connectivity index is 1.47. The summed E-state index contributed by atoms with van der Waals surface area (Å²) in [6.45, 7) is 1.55. The number of carbonyl (C=O) groups is 1. The van der Waals surface area contributed by atoms with Gasteiger partial charge in [0, 0.05) is 18.5 Å². The number of likely N-dealkylation sites (tertiary alicyclic amines) is 1. The van der Waals surface area contributed by atoms with E-state index in [4.69, 9.17) is 4.74 Å². The van der Waals surface area contributed by atoms with Gasteiger partial charge in [0.05, 0.1) is 18.8 Å². The van der Waals surface area contributed by atoms with Crippen molar-refractivity contribution in [1.82, 2.24) is 10.2 Å². The van der Waals surface area contributed by atoms with E-state index in [1.807, 2.05) is 42.5 Å². The number of amides is 2. The van der Waals surface area contributed by atoms with Crippen LogP contribution < -0.4 is 10.1 Å². The fourth-order valence-corrected chi connectivity index (χ4v) is 3.29. The molecule has 0 unspecified atom stereocenters. The van der Waals surface area contributed by atoms with Crippen LogP contribution in [0.25, 0.3) is 10.8 Å². The van der Waals surface area contributed by atoms with E-state index in [1.54, 1.807) is 4.90 Å². The van der Waals surface area contributed by atoms with Gasteiger partial charge >= 0.3 is 6.03 Å². The van der Waals surface area contributed by atoms with Gasteiger partial charge in [-0.25, -0.2) is 4.79 Å². The minimum atomic E-state index is -1.06. The van der Waals surface area contributed by atoms with Crippen LogP contribution >= 0.6 is 0 Å². The highest BCUT2D eigenvalue weighted by Gasteiger charge is 2.30. The number of benzene rings is 2. The minimum Gasteiger partial charge on any atom is -0.491 e. The summed E-state index contributed by atoms with van der Waals surface area (Å²) in [4.78, 5) is 14.0. The van der Waals surface area contributed by atoms with Crippen LogP contribution in [0.4, 0.5) is 4.79 Å². The fraction of sp³-hybridized carbons (Fsp3) is 0.450. The third kappa shape index (κ3) is 4.45. The molecule has 26 heavy (non-hydrogen) atoms. The molecule has 1 heterocycles. The van der Waals surface area contributed by atoms with Crippen molar-refractivity contribution in [3.05, 3.63) is 42.5 Å². The smallest absolute Gasteiger partial charge is 0.317 e. The molecule has 0 bridgehead atoms. The Morgan fingerprint density at radius 3 is 2.81 bits per heavy atom. The van der Waals surface area contributed by atoms with Crippen molar-refractivity contribution in [1.29, 1.82) is 0 Å². The molecule has 2 amide bonds.